The summed E-state index contributed by atoms with van der Waals surface area (Å²) in [6, 6.07) is 9.93. The minimum atomic E-state index is -0.524. The van der Waals surface area contributed by atoms with Crippen molar-refractivity contribution < 1.29 is 9.90 Å². The van der Waals surface area contributed by atoms with Crippen LogP contribution < -0.4 is 10.4 Å². The van der Waals surface area contributed by atoms with E-state index >= 15 is 0 Å². The van der Waals surface area contributed by atoms with Crippen LogP contribution in [0.3, 0.4) is 0 Å². The molecule has 2 aromatic rings. The molecule has 2 aliphatic carbocycles. The van der Waals surface area contributed by atoms with Crippen LogP contribution in [0.4, 0.5) is 0 Å². The largest absolute Gasteiger partial charge is 0.502 e. The number of nitrogens with zero attached hydrogens (tertiary/aromatic N) is 4. The summed E-state index contributed by atoms with van der Waals surface area (Å²) >= 11 is 0. The van der Waals surface area contributed by atoms with Crippen molar-refractivity contribution in [1.82, 2.24) is 14.5 Å². The van der Waals surface area contributed by atoms with Crippen molar-refractivity contribution in [3.05, 3.63) is 87.9 Å². The van der Waals surface area contributed by atoms with E-state index in [1.807, 2.05) is 4.90 Å². The number of benzene rings is 1. The lowest BCUT2D eigenvalue weighted by Gasteiger charge is -2.48. The topological polar surface area (TPSA) is 69.0 Å². The van der Waals surface area contributed by atoms with Crippen molar-refractivity contribution in [2.75, 3.05) is 31.8 Å². The molecule has 1 saturated heterocycles. The molecule has 4 atom stereocenters. The summed E-state index contributed by atoms with van der Waals surface area (Å²) in [4.78, 5) is 30.1. The standard InChI is InChI=1S/C27H30N4O3/c1-28-14-12-20(16-28)29-17-31(30-15-13-23(32)26(33)25(30)27(29)34)24-21-8-4-2-6-18(21)10-11-19-7-3-5-9-22(19)24/h2-9,13,15,18,20-21,24,33H,10-12,14,16-17H2,1H3/t18?,20-,21?,24?/m1/s1. The summed E-state index contributed by atoms with van der Waals surface area (Å²) in [6.07, 6.45) is 13.4. The first-order valence-electron chi connectivity index (χ1n) is 12.2. The Morgan fingerprint density at radius 1 is 1.03 bits per heavy atom. The fourth-order valence-corrected chi connectivity index (χ4v) is 6.26. The lowest BCUT2D eigenvalue weighted by molar-refractivity contribution is 0.0580. The van der Waals surface area contributed by atoms with E-state index in [0.717, 1.165) is 32.4 Å². The molecule has 1 fully saturated rings. The number of fused-ring (bicyclic) bond motifs is 3. The molecule has 3 unspecified atom stereocenters. The molecule has 1 N–H and O–H groups in total. The van der Waals surface area contributed by atoms with Gasteiger partial charge in [-0.05, 0) is 49.9 Å². The van der Waals surface area contributed by atoms with E-state index in [1.165, 1.54) is 17.2 Å². The van der Waals surface area contributed by atoms with Crippen LogP contribution in [0.25, 0.3) is 0 Å². The molecule has 1 aromatic carbocycles. The second kappa shape index (κ2) is 8.17. The maximum atomic E-state index is 13.6. The minimum Gasteiger partial charge on any atom is -0.502 e. The number of hydrogen-bond donors (Lipinski definition) is 1. The molecule has 2 aliphatic heterocycles. The zero-order valence-corrected chi connectivity index (χ0v) is 19.4. The maximum absolute atomic E-state index is 13.6. The Balaban J connectivity index is 1.53. The molecule has 1 aromatic heterocycles. The number of pyridine rings is 1. The second-order valence-corrected chi connectivity index (χ2v) is 9.98. The van der Waals surface area contributed by atoms with Gasteiger partial charge in [-0.15, -0.1) is 0 Å². The summed E-state index contributed by atoms with van der Waals surface area (Å²) < 4.78 is 1.74. The predicted molar refractivity (Wildman–Crippen MR) is 130 cm³/mol. The first kappa shape index (κ1) is 21.2. The summed E-state index contributed by atoms with van der Waals surface area (Å²) in [6.45, 7) is 2.12. The van der Waals surface area contributed by atoms with Gasteiger partial charge in [-0.2, -0.15) is 0 Å². The zero-order chi connectivity index (χ0) is 23.4. The SMILES string of the molecule is CN1CC[C@@H](N2CN(C3c4ccccc4CCC4C=CC=CC43)n3ccc(=O)c(O)c3C2=O)C1. The van der Waals surface area contributed by atoms with Crippen LogP contribution in [0.5, 0.6) is 5.75 Å². The van der Waals surface area contributed by atoms with Gasteiger partial charge in [0.05, 0.1) is 6.04 Å². The van der Waals surface area contributed by atoms with E-state index in [2.05, 4.69) is 65.5 Å². The number of aromatic hydroxyl groups is 1. The van der Waals surface area contributed by atoms with Crippen molar-refractivity contribution in [3.8, 4) is 5.75 Å². The molecule has 176 valence electrons. The molecular formula is C27H30N4O3. The van der Waals surface area contributed by atoms with Gasteiger partial charge in [-0.3, -0.25) is 19.3 Å². The molecule has 1 amide bonds. The maximum Gasteiger partial charge on any atom is 0.278 e. The van der Waals surface area contributed by atoms with E-state index in [0.29, 0.717) is 12.6 Å². The molecule has 4 aliphatic rings. The van der Waals surface area contributed by atoms with Crippen molar-refractivity contribution in [2.45, 2.75) is 31.3 Å². The van der Waals surface area contributed by atoms with Crippen molar-refractivity contribution in [2.24, 2.45) is 11.8 Å². The van der Waals surface area contributed by atoms with Crippen molar-refractivity contribution in [1.29, 1.82) is 0 Å². The van der Waals surface area contributed by atoms with E-state index in [1.54, 1.807) is 10.9 Å². The average Bonchev–Trinajstić information content (AvgIpc) is 3.20. The van der Waals surface area contributed by atoms with Gasteiger partial charge in [0.15, 0.2) is 11.4 Å². The molecule has 6 rings (SSSR count). The number of carbonyl (C=O) groups excluding carboxylic acids is 1. The highest BCUT2D eigenvalue weighted by Gasteiger charge is 2.44. The van der Waals surface area contributed by atoms with Crippen LogP contribution in [0.1, 0.15) is 40.5 Å². The number of allylic oxidation sites excluding steroid dienone is 3. The van der Waals surface area contributed by atoms with Gasteiger partial charge in [0.25, 0.3) is 5.91 Å². The van der Waals surface area contributed by atoms with Crippen LogP contribution in [0, 0.1) is 11.8 Å². The Hall–Kier alpha value is -3.32. The van der Waals surface area contributed by atoms with Gasteiger partial charge in [-0.1, -0.05) is 48.6 Å². The number of hydrogen-bond acceptors (Lipinski definition) is 5. The molecule has 3 heterocycles. The molecular weight excluding hydrogens is 428 g/mol. The summed E-state index contributed by atoms with van der Waals surface area (Å²) in [5, 5.41) is 13.0. The Morgan fingerprint density at radius 2 is 1.85 bits per heavy atom. The van der Waals surface area contributed by atoms with Crippen molar-refractivity contribution in [3.63, 3.8) is 0 Å². The van der Waals surface area contributed by atoms with Crippen LogP contribution >= 0.6 is 0 Å². The normalized spacial score (nSPS) is 28.4. The van der Waals surface area contributed by atoms with Gasteiger partial charge in [0.2, 0.25) is 5.43 Å². The predicted octanol–water partition coefficient (Wildman–Crippen LogP) is 2.66. The molecule has 34 heavy (non-hydrogen) atoms. The number of likely N-dealkylation sites (tertiary alicyclic amines) is 1. The number of rotatable bonds is 2. The van der Waals surface area contributed by atoms with Crippen LogP contribution in [0.15, 0.2) is 65.6 Å². The van der Waals surface area contributed by atoms with E-state index in [9.17, 15) is 14.7 Å². The third-order valence-electron chi connectivity index (χ3n) is 8.00. The van der Waals surface area contributed by atoms with Crippen molar-refractivity contribution >= 4 is 5.91 Å². The van der Waals surface area contributed by atoms with Gasteiger partial charge >= 0.3 is 0 Å². The first-order chi connectivity index (χ1) is 16.5. The third kappa shape index (κ3) is 3.29. The summed E-state index contributed by atoms with van der Waals surface area (Å²) in [5.74, 6) is -0.151. The monoisotopic (exact) mass is 458 g/mol. The van der Waals surface area contributed by atoms with Crippen LogP contribution in [-0.2, 0) is 6.42 Å². The number of carbonyl (C=O) groups is 1. The molecule has 7 nitrogen and oxygen atoms in total. The quantitative estimate of drug-likeness (QED) is 0.750. The van der Waals surface area contributed by atoms with E-state index < -0.39 is 11.2 Å². The van der Waals surface area contributed by atoms with E-state index in [-0.39, 0.29) is 29.6 Å². The highest BCUT2D eigenvalue weighted by atomic mass is 16.3. The van der Waals surface area contributed by atoms with Gasteiger partial charge in [0, 0.05) is 30.8 Å². The van der Waals surface area contributed by atoms with Gasteiger partial charge < -0.3 is 14.9 Å². The highest BCUT2D eigenvalue weighted by molar-refractivity contribution is 5.96. The number of aromatic nitrogens is 1. The number of aryl methyl sites for hydroxylation is 1. The highest BCUT2D eigenvalue weighted by Crippen LogP contribution is 2.44. The first-order valence-corrected chi connectivity index (χ1v) is 12.2. The molecule has 0 radical (unpaired) electrons. The Bertz CT molecular complexity index is 1250. The molecule has 0 spiro atoms. The Kier molecular flexibility index (Phi) is 5.10. The molecule has 7 heteroatoms. The Morgan fingerprint density at radius 3 is 2.68 bits per heavy atom. The smallest absolute Gasteiger partial charge is 0.278 e. The lowest BCUT2D eigenvalue weighted by Crippen LogP contribution is -2.59. The number of amides is 1. The lowest BCUT2D eigenvalue weighted by atomic mass is 9.80. The van der Waals surface area contributed by atoms with Crippen LogP contribution in [0.2, 0.25) is 0 Å². The third-order valence-corrected chi connectivity index (χ3v) is 8.00. The van der Waals surface area contributed by atoms with Crippen LogP contribution in [-0.4, -0.2) is 58.3 Å². The molecule has 0 saturated carbocycles. The Labute approximate surface area is 199 Å². The van der Waals surface area contributed by atoms with Gasteiger partial charge in [-0.25, -0.2) is 0 Å². The number of likely N-dealkylation sites (N-methyl/N-ethyl adjacent to an activating group) is 1. The second-order valence-electron chi connectivity index (χ2n) is 9.98. The summed E-state index contributed by atoms with van der Waals surface area (Å²) in [7, 11) is 2.06. The average molecular weight is 459 g/mol. The zero-order valence-electron chi connectivity index (χ0n) is 19.4. The fraction of sp³-hybridized carbons (Fsp3) is 0.407. The fourth-order valence-electron chi connectivity index (χ4n) is 6.26. The van der Waals surface area contributed by atoms with Gasteiger partial charge in [0.1, 0.15) is 6.67 Å². The minimum absolute atomic E-state index is 0.0414. The molecule has 0 bridgehead atoms. The van der Waals surface area contributed by atoms with E-state index in [4.69, 9.17) is 0 Å². The summed E-state index contributed by atoms with van der Waals surface area (Å²) in [5.41, 5.74) is 2.11.